The Balaban J connectivity index is 2.69. The summed E-state index contributed by atoms with van der Waals surface area (Å²) in [5.41, 5.74) is 0. The van der Waals surface area contributed by atoms with Crippen LogP contribution in [-0.4, -0.2) is 16.8 Å². The van der Waals surface area contributed by atoms with Crippen LogP contribution in [0.15, 0.2) is 6.20 Å². The van der Waals surface area contributed by atoms with Gasteiger partial charge < -0.3 is 4.74 Å². The molecule has 0 saturated heterocycles. The molecule has 9 heavy (non-hydrogen) atoms. The highest BCUT2D eigenvalue weighted by Crippen LogP contribution is 2.14. The molecule has 3 nitrogen and oxygen atoms in total. The van der Waals surface area contributed by atoms with Gasteiger partial charge in [-0.15, -0.1) is 0 Å². The van der Waals surface area contributed by atoms with Gasteiger partial charge in [0.1, 0.15) is 0 Å². The average Bonchev–Trinajstić information content (AvgIpc) is 2.18. The Labute approximate surface area is 66.9 Å². The van der Waals surface area contributed by atoms with Gasteiger partial charge in [0.2, 0.25) is 5.88 Å². The minimum absolute atomic E-state index is 0.679. The highest BCUT2D eigenvalue weighted by molar-refractivity contribution is 14.1. The largest absolute Gasteiger partial charge is 0.478 e. The van der Waals surface area contributed by atoms with Crippen molar-refractivity contribution in [2.24, 2.45) is 0 Å². The molecule has 0 aromatic carbocycles. The molecule has 0 amide bonds. The zero-order valence-electron chi connectivity index (χ0n) is 5.02. The van der Waals surface area contributed by atoms with Crippen molar-refractivity contribution in [3.63, 3.8) is 0 Å². The van der Waals surface area contributed by atoms with Crippen LogP contribution in [0.2, 0.25) is 0 Å². The molecule has 1 rings (SSSR count). The van der Waals surface area contributed by atoms with Gasteiger partial charge in [0, 0.05) is 0 Å². The highest BCUT2D eigenvalue weighted by atomic mass is 127. The molecule has 0 radical (unpaired) electrons. The molecule has 0 spiro atoms. The second kappa shape index (κ2) is 3.05. The summed E-state index contributed by atoms with van der Waals surface area (Å²) in [6, 6.07) is 0. The lowest BCUT2D eigenvalue weighted by atomic mass is 10.7. The van der Waals surface area contributed by atoms with E-state index in [-0.39, 0.29) is 0 Å². The minimum Gasteiger partial charge on any atom is -0.478 e. The fourth-order valence-electron chi connectivity index (χ4n) is 0.505. The monoisotopic (exact) mass is 238 g/mol. The summed E-state index contributed by atoms with van der Waals surface area (Å²) >= 11 is 2.16. The Morgan fingerprint density at radius 2 is 2.67 bits per heavy atom. The number of hydrogen-bond acceptors (Lipinski definition) is 2. The van der Waals surface area contributed by atoms with E-state index in [1.807, 2.05) is 6.92 Å². The van der Waals surface area contributed by atoms with Crippen LogP contribution < -0.4 is 4.74 Å². The summed E-state index contributed by atoms with van der Waals surface area (Å²) < 4.78 is 6.17. The van der Waals surface area contributed by atoms with Crippen molar-refractivity contribution in [2.75, 3.05) is 6.61 Å². The van der Waals surface area contributed by atoms with Crippen LogP contribution >= 0.6 is 22.6 Å². The van der Waals surface area contributed by atoms with Crippen molar-refractivity contribution in [1.29, 1.82) is 0 Å². The summed E-state index contributed by atoms with van der Waals surface area (Å²) in [5.74, 6) is 0.762. The predicted molar refractivity (Wildman–Crippen MR) is 42.5 cm³/mol. The highest BCUT2D eigenvalue weighted by Gasteiger charge is 1.98. The first-order valence-electron chi connectivity index (χ1n) is 2.66. The molecule has 1 N–H and O–H groups in total. The van der Waals surface area contributed by atoms with Gasteiger partial charge in [-0.3, -0.25) is 0 Å². The molecular weight excluding hydrogens is 231 g/mol. The van der Waals surface area contributed by atoms with Crippen molar-refractivity contribution in [3.8, 4) is 5.88 Å². The van der Waals surface area contributed by atoms with Gasteiger partial charge in [-0.25, -0.2) is 5.10 Å². The zero-order valence-corrected chi connectivity index (χ0v) is 7.18. The zero-order chi connectivity index (χ0) is 6.69. The Morgan fingerprint density at radius 3 is 3.11 bits per heavy atom. The number of halogens is 1. The van der Waals surface area contributed by atoms with Crippen molar-refractivity contribution in [2.45, 2.75) is 6.92 Å². The fourth-order valence-corrected chi connectivity index (χ4v) is 0.921. The number of rotatable bonds is 2. The van der Waals surface area contributed by atoms with E-state index >= 15 is 0 Å². The third kappa shape index (κ3) is 1.57. The quantitative estimate of drug-likeness (QED) is 0.791. The van der Waals surface area contributed by atoms with Crippen LogP contribution in [0.1, 0.15) is 6.92 Å². The van der Waals surface area contributed by atoms with E-state index < -0.39 is 0 Å². The molecule has 1 heterocycles. The van der Waals surface area contributed by atoms with Crippen molar-refractivity contribution in [1.82, 2.24) is 10.2 Å². The standard InChI is InChI=1S/C5H7IN2O/c1-2-9-5-4(6)3-7-8-5/h3H,2H2,1H3,(H,7,8). The second-order valence-corrected chi connectivity index (χ2v) is 2.64. The van der Waals surface area contributed by atoms with Crippen LogP contribution in [0.25, 0.3) is 0 Å². The summed E-state index contributed by atoms with van der Waals surface area (Å²) in [4.78, 5) is 0. The molecular formula is C5H7IN2O. The summed E-state index contributed by atoms with van der Waals surface area (Å²) in [6.07, 6.45) is 1.73. The first-order chi connectivity index (χ1) is 4.34. The molecule has 0 unspecified atom stereocenters. The molecule has 50 valence electrons. The topological polar surface area (TPSA) is 37.9 Å². The Hall–Kier alpha value is -0.260. The first-order valence-corrected chi connectivity index (χ1v) is 3.74. The van der Waals surface area contributed by atoms with E-state index in [9.17, 15) is 0 Å². The van der Waals surface area contributed by atoms with Gasteiger partial charge in [-0.05, 0) is 29.5 Å². The van der Waals surface area contributed by atoms with E-state index in [0.717, 1.165) is 9.45 Å². The van der Waals surface area contributed by atoms with Crippen LogP contribution in [0, 0.1) is 3.57 Å². The molecule has 0 fully saturated rings. The second-order valence-electron chi connectivity index (χ2n) is 1.48. The van der Waals surface area contributed by atoms with Gasteiger partial charge in [0.15, 0.2) is 0 Å². The van der Waals surface area contributed by atoms with Crippen molar-refractivity contribution >= 4 is 22.6 Å². The molecule has 0 saturated carbocycles. The number of H-pyrrole nitrogens is 1. The molecule has 0 aliphatic carbocycles. The third-order valence-electron chi connectivity index (χ3n) is 0.850. The Bertz CT molecular complexity index is 187. The number of nitrogens with zero attached hydrogens (tertiary/aromatic N) is 1. The lowest BCUT2D eigenvalue weighted by molar-refractivity contribution is 0.324. The van der Waals surface area contributed by atoms with Gasteiger partial charge in [0.05, 0.1) is 16.4 Å². The van der Waals surface area contributed by atoms with Crippen LogP contribution in [-0.2, 0) is 0 Å². The molecule has 0 aliphatic heterocycles. The SMILES string of the molecule is CCOc1[nH]ncc1I. The predicted octanol–water partition coefficient (Wildman–Crippen LogP) is 1.41. The van der Waals surface area contributed by atoms with E-state index in [0.29, 0.717) is 6.61 Å². The summed E-state index contributed by atoms with van der Waals surface area (Å²) in [7, 11) is 0. The van der Waals surface area contributed by atoms with Crippen LogP contribution in [0.4, 0.5) is 0 Å². The maximum atomic E-state index is 5.15. The molecule has 0 aliphatic rings. The molecule has 0 bridgehead atoms. The normalized spacial score (nSPS) is 9.56. The van der Waals surface area contributed by atoms with Gasteiger partial charge >= 0.3 is 0 Å². The first kappa shape index (κ1) is 6.85. The van der Waals surface area contributed by atoms with Crippen molar-refractivity contribution < 1.29 is 4.74 Å². The molecule has 4 heteroatoms. The number of aromatic amines is 1. The summed E-state index contributed by atoms with van der Waals surface area (Å²) in [5, 5.41) is 6.51. The Kier molecular flexibility index (Phi) is 2.32. The molecule has 0 atom stereocenters. The lowest BCUT2D eigenvalue weighted by Crippen LogP contribution is -1.92. The summed E-state index contributed by atoms with van der Waals surface area (Å²) in [6.45, 7) is 2.62. The van der Waals surface area contributed by atoms with Crippen LogP contribution in [0.3, 0.4) is 0 Å². The van der Waals surface area contributed by atoms with Gasteiger partial charge in [0.25, 0.3) is 0 Å². The fraction of sp³-hybridized carbons (Fsp3) is 0.400. The van der Waals surface area contributed by atoms with Gasteiger partial charge in [-0.1, -0.05) is 0 Å². The molecule has 1 aromatic rings. The lowest BCUT2D eigenvalue weighted by Gasteiger charge is -1.96. The van der Waals surface area contributed by atoms with E-state index in [4.69, 9.17) is 4.74 Å². The number of hydrogen-bond donors (Lipinski definition) is 1. The Morgan fingerprint density at radius 1 is 1.89 bits per heavy atom. The van der Waals surface area contributed by atoms with E-state index in [1.54, 1.807) is 6.20 Å². The smallest absolute Gasteiger partial charge is 0.222 e. The number of ether oxygens (including phenoxy) is 1. The van der Waals surface area contributed by atoms with E-state index in [2.05, 4.69) is 32.8 Å². The average molecular weight is 238 g/mol. The minimum atomic E-state index is 0.679. The maximum absolute atomic E-state index is 5.15. The third-order valence-corrected chi connectivity index (χ3v) is 1.62. The van der Waals surface area contributed by atoms with Crippen molar-refractivity contribution in [3.05, 3.63) is 9.77 Å². The number of aromatic nitrogens is 2. The molecule has 1 aromatic heterocycles. The van der Waals surface area contributed by atoms with E-state index in [1.165, 1.54) is 0 Å². The number of nitrogens with one attached hydrogen (secondary N) is 1. The van der Waals surface area contributed by atoms with Gasteiger partial charge in [-0.2, -0.15) is 5.10 Å². The van der Waals surface area contributed by atoms with Crippen LogP contribution in [0.5, 0.6) is 5.88 Å². The maximum Gasteiger partial charge on any atom is 0.222 e.